The Bertz CT molecular complexity index is 2500. The predicted molar refractivity (Wildman–Crippen MR) is 380 cm³/mol. The van der Waals surface area contributed by atoms with Gasteiger partial charge in [-0.05, 0) is 79.2 Å². The number of para-hydroxylation sites is 2. The second-order valence-corrected chi connectivity index (χ2v) is 33.6. The van der Waals surface area contributed by atoms with E-state index in [0.717, 1.165) is 74.2 Å². The molecule has 12 nitrogen and oxygen atoms in total. The van der Waals surface area contributed by atoms with Crippen LogP contribution in [0.4, 0.5) is 0 Å². The third kappa shape index (κ3) is 31.0. The van der Waals surface area contributed by atoms with Crippen molar-refractivity contribution in [2.45, 2.75) is 314 Å². The second kappa shape index (κ2) is 45.9. The number of phosphoric acid groups is 1. The summed E-state index contributed by atoms with van der Waals surface area (Å²) in [4.78, 5) is 30.8. The minimum Gasteiger partial charge on any atom is -0.451 e. The van der Waals surface area contributed by atoms with Crippen LogP contribution in [-0.4, -0.2) is 76.6 Å². The van der Waals surface area contributed by atoms with Gasteiger partial charge in [0, 0.05) is 19.6 Å². The Hall–Kier alpha value is -4.33. The lowest BCUT2D eigenvalue weighted by Crippen LogP contribution is -2.68. The van der Waals surface area contributed by atoms with Gasteiger partial charge < -0.3 is 37.7 Å². The first kappa shape index (κ1) is 76.7. The molecule has 516 valence electrons. The average molecular weight is 1310 g/mol. The minimum absolute atomic E-state index is 0.0476. The second-order valence-electron chi connectivity index (χ2n) is 27.3. The van der Waals surface area contributed by atoms with Crippen molar-refractivity contribution in [3.63, 3.8) is 0 Å². The van der Waals surface area contributed by atoms with Crippen molar-refractivity contribution >= 4 is 28.0 Å². The van der Waals surface area contributed by atoms with Crippen molar-refractivity contribution in [3.05, 3.63) is 132 Å². The molecule has 0 bridgehead atoms. The number of phosphoric ester groups is 1. The van der Waals surface area contributed by atoms with Crippen molar-refractivity contribution in [2.75, 3.05) is 19.8 Å². The van der Waals surface area contributed by atoms with Crippen LogP contribution in [-0.2, 0) is 42.1 Å². The van der Waals surface area contributed by atoms with Gasteiger partial charge in [-0.1, -0.05) is 318 Å². The Morgan fingerprint density at radius 1 is 0.543 bits per heavy atom. The fourth-order valence-corrected chi connectivity index (χ4v) is 14.2. The van der Waals surface area contributed by atoms with Crippen LogP contribution < -0.4 is 14.4 Å². The fraction of sp³-hybridized carbons (Fsp3) is 0.667. The van der Waals surface area contributed by atoms with Crippen LogP contribution in [0, 0.1) is 0 Å². The number of carbonyl (C=O) groups excluding carboxylic acids is 2. The highest BCUT2D eigenvalue weighted by Gasteiger charge is 2.55. The van der Waals surface area contributed by atoms with Gasteiger partial charge in [0.25, 0.3) is 0 Å². The summed E-state index contributed by atoms with van der Waals surface area (Å²) in [6.45, 7) is 18.0. The fourth-order valence-electron chi connectivity index (χ4n) is 11.8. The molecule has 1 heterocycles. The number of carbonyl (C=O) groups is 2. The number of hydrogen-bond acceptors (Lipinski definition) is 11. The van der Waals surface area contributed by atoms with Crippen LogP contribution in [0.2, 0.25) is 19.5 Å². The summed E-state index contributed by atoms with van der Waals surface area (Å²) >= 11 is 0. The van der Waals surface area contributed by atoms with Crippen molar-refractivity contribution in [1.82, 2.24) is 5.31 Å². The van der Waals surface area contributed by atoms with E-state index in [2.05, 4.69) is 54.6 Å². The molecule has 0 aliphatic carbocycles. The van der Waals surface area contributed by atoms with Gasteiger partial charge in [-0.2, -0.15) is 0 Å². The quantitative estimate of drug-likeness (QED) is 0.0196. The largest absolute Gasteiger partial charge is 0.588 e. The first-order valence-electron chi connectivity index (χ1n) is 37.0. The molecule has 0 saturated carbocycles. The van der Waals surface area contributed by atoms with E-state index in [9.17, 15) is 1.41 Å². The molecular weight excluding hydrogens is 1190 g/mol. The summed E-state index contributed by atoms with van der Waals surface area (Å²) < 4.78 is 80.7. The molecule has 14 heteroatoms. The number of unbranched alkanes of at least 4 members (excludes halogenated alkanes) is 27. The van der Waals surface area contributed by atoms with E-state index in [4.69, 9.17) is 36.9 Å². The van der Waals surface area contributed by atoms with Gasteiger partial charge in [0.2, 0.25) is 5.91 Å². The number of ether oxygens (including phenoxy) is 4. The van der Waals surface area contributed by atoms with Gasteiger partial charge in [0.15, 0.2) is 21.9 Å². The van der Waals surface area contributed by atoms with Crippen molar-refractivity contribution < 1.29 is 52.5 Å². The van der Waals surface area contributed by atoms with E-state index in [1.807, 2.05) is 72.8 Å². The maximum atomic E-state index is 16.0. The van der Waals surface area contributed by atoms with Gasteiger partial charge in [0.1, 0.15) is 29.8 Å². The van der Waals surface area contributed by atoms with Gasteiger partial charge in [-0.15, -0.1) is 0 Å². The average Bonchev–Trinajstić information content (AvgIpc) is 0.997. The molecule has 0 radical (unpaired) electrons. The Morgan fingerprint density at radius 3 is 1.40 bits per heavy atom. The highest BCUT2D eigenvalue weighted by Crippen LogP contribution is 2.53. The zero-order valence-electron chi connectivity index (χ0n) is 59.4. The Labute approximate surface area is 561 Å². The van der Waals surface area contributed by atoms with Gasteiger partial charge in [-0.3, -0.25) is 9.32 Å². The molecule has 0 spiro atoms. The predicted octanol–water partition coefficient (Wildman–Crippen LogP) is 21.9. The molecular formula is C78H124NO11PSi. The van der Waals surface area contributed by atoms with Crippen LogP contribution in [0.5, 0.6) is 11.5 Å². The molecule has 0 aromatic heterocycles. The third-order valence-corrected chi connectivity index (χ3v) is 24.3. The Balaban J connectivity index is 1.58. The molecule has 1 aliphatic heterocycles. The number of benzene rings is 4. The van der Waals surface area contributed by atoms with Crippen molar-refractivity contribution in [3.8, 4) is 11.5 Å². The molecule has 4 aromatic rings. The van der Waals surface area contributed by atoms with Crippen LogP contribution in [0.15, 0.2) is 121 Å². The number of amides is 1. The molecule has 4 aromatic carbocycles. The molecule has 1 aliphatic rings. The molecule has 1 fully saturated rings. The monoisotopic (exact) mass is 1310 g/mol. The lowest BCUT2D eigenvalue weighted by molar-refractivity contribution is -0.217. The van der Waals surface area contributed by atoms with Crippen LogP contribution >= 0.6 is 7.82 Å². The standard InChI is InChI=1S/C78H124NO11PSi/c1-9-12-15-18-21-24-26-28-31-34-49-60-71(80)79-72-75(84-63-61-67(55-44-33-30-27-23-20-17-14-11-3)83-62-50-35-32-29-25-22-19-16-13-10-2)74(90-91(82,88-68-56-45-38-46-57-68)89-69-58-47-39-48-59-69)70(64-85-92(7,8)78(4,5)6)86-76(72)77(81)87-73(65-51-40-36-41-52-65)66-53-42-37-43-54-66/h36-43,45-48,51-54,56-59,67,70,72-76H,9-35,44,49-50,55,60-64H2,1-8H3,(H,79,80)/t67-,70-,72-,74-,75-,76+/m1/s1/i/hD. The number of esters is 1. The maximum Gasteiger partial charge on any atom is 0.588 e. The molecule has 6 atom stereocenters. The van der Waals surface area contributed by atoms with Gasteiger partial charge in [-0.25, -0.2) is 9.36 Å². The first-order valence-corrected chi connectivity index (χ1v) is 40.9. The van der Waals surface area contributed by atoms with E-state index in [0.29, 0.717) is 19.4 Å². The highest BCUT2D eigenvalue weighted by molar-refractivity contribution is 7.49. The summed E-state index contributed by atoms with van der Waals surface area (Å²) in [5.74, 6) is -0.895. The van der Waals surface area contributed by atoms with E-state index >= 15 is 14.2 Å². The van der Waals surface area contributed by atoms with E-state index in [-0.39, 0.29) is 42.3 Å². The van der Waals surface area contributed by atoms with Crippen molar-refractivity contribution in [2.24, 2.45) is 0 Å². The molecule has 1 amide bonds. The van der Waals surface area contributed by atoms with E-state index in [1.54, 1.807) is 48.5 Å². The summed E-state index contributed by atoms with van der Waals surface area (Å²) in [5, 5.41) is 0.600. The normalized spacial score (nSPS) is 17.5. The van der Waals surface area contributed by atoms with Crippen LogP contribution in [0.3, 0.4) is 0 Å². The van der Waals surface area contributed by atoms with Gasteiger partial charge >= 0.3 is 13.8 Å². The smallest absolute Gasteiger partial charge is 0.451 e. The van der Waals surface area contributed by atoms with E-state index in [1.165, 1.54) is 135 Å². The zero-order chi connectivity index (χ0) is 66.8. The Morgan fingerprint density at radius 2 is 0.957 bits per heavy atom. The Kier molecular flexibility index (Phi) is 38.3. The SMILES string of the molecule is [2H]N(C(=O)CCCCCCCCCCCCC)[C@@H]1[C@@H](OCC[C@@H](CCCCCCCCCCC)OCCCCCCCCCCCC)[C@H](OP(=O)(Oc2ccccc2)Oc2ccccc2)[C@@H](CO[Si](C)(C)C(C)(C)C)O[C@@H]1C(=O)OC(c1ccccc1)c1ccccc1. The molecule has 5 rings (SSSR count). The highest BCUT2D eigenvalue weighted by atomic mass is 31.2. The summed E-state index contributed by atoms with van der Waals surface area (Å²) in [6.07, 6.45) is 29.9. The van der Waals surface area contributed by atoms with Gasteiger partial charge in [0.05, 0.1) is 18.8 Å². The molecule has 1 saturated heterocycles. The number of nitrogens with one attached hydrogen (secondary N) is 1. The summed E-state index contributed by atoms with van der Waals surface area (Å²) in [7, 11) is -7.42. The van der Waals surface area contributed by atoms with Crippen molar-refractivity contribution in [1.29, 1.82) is 0 Å². The molecule has 92 heavy (non-hydrogen) atoms. The minimum atomic E-state index is -4.80. The summed E-state index contributed by atoms with van der Waals surface area (Å²) in [6, 6.07) is 34.9. The topological polar surface area (TPSA) is 137 Å². The maximum absolute atomic E-state index is 16.0. The van der Waals surface area contributed by atoms with E-state index < -0.39 is 64.6 Å². The first-order chi connectivity index (χ1) is 45.1. The molecule has 1 N–H and O–H groups in total. The lowest BCUT2D eigenvalue weighted by atomic mass is 9.91. The van der Waals surface area contributed by atoms with Crippen LogP contribution in [0.25, 0.3) is 0 Å². The summed E-state index contributed by atoms with van der Waals surface area (Å²) in [5.41, 5.74) is 1.44. The third-order valence-electron chi connectivity index (χ3n) is 18.4. The van der Waals surface area contributed by atoms with Crippen LogP contribution in [0.1, 0.15) is 271 Å². The lowest BCUT2D eigenvalue weighted by Gasteiger charge is -2.47. The number of rotatable bonds is 52. The number of hydrogen-bond donors (Lipinski definition) is 1. The zero-order valence-corrected chi connectivity index (χ0v) is 60.3. The molecule has 0 unspecified atom stereocenters.